The predicted molar refractivity (Wildman–Crippen MR) is 109 cm³/mol. The Morgan fingerprint density at radius 1 is 0.706 bits per heavy atom. The summed E-state index contributed by atoms with van der Waals surface area (Å²) in [5.41, 5.74) is 9.85. The number of aliphatic hydroxyl groups excluding tert-OH is 10. The summed E-state index contributed by atoms with van der Waals surface area (Å²) in [5, 5.41) is 96.3. The maximum Gasteiger partial charge on any atom is 0.275 e. The number of rotatable bonds is 13. The highest BCUT2D eigenvalue weighted by Gasteiger charge is 2.34. The largest absolute Gasteiger partial charge is 0.394 e. The van der Waals surface area contributed by atoms with Crippen molar-refractivity contribution in [3.63, 3.8) is 0 Å². The number of amides is 1. The monoisotopic (exact) mass is 495 g/mol. The van der Waals surface area contributed by atoms with Crippen molar-refractivity contribution in [1.29, 1.82) is 0 Å². The summed E-state index contributed by atoms with van der Waals surface area (Å²) in [6.45, 7) is -1.87. The molecule has 15 N–H and O–H groups in total. The molecule has 1 heterocycles. The van der Waals surface area contributed by atoms with Crippen molar-refractivity contribution in [3.8, 4) is 0 Å². The van der Waals surface area contributed by atoms with Crippen molar-refractivity contribution in [2.75, 3.05) is 24.7 Å². The van der Waals surface area contributed by atoms with E-state index in [1.165, 1.54) is 0 Å². The average molecular weight is 495 g/mol. The molecule has 0 unspecified atom stereocenters. The van der Waals surface area contributed by atoms with Crippen LogP contribution in [0.5, 0.6) is 0 Å². The fourth-order valence-corrected chi connectivity index (χ4v) is 2.61. The number of hydrogen-bond acceptors (Lipinski definition) is 16. The third kappa shape index (κ3) is 7.21. The molecule has 0 fully saturated rings. The molecule has 34 heavy (non-hydrogen) atoms. The standard InChI is InChI=1S/C17H29N5O12/c18-14-8(4(25)1-5(26)10(29)11(30)6(27)2-23)20-15(19)9(21-14)16(33)22-17(34)13(32)12(31)7(28)3-24/h5-7,10-13,17,23-24,26-32,34H,1-3H2,(H2,18,21)(H2,19,20)(H,22,33)/t5-,6+,7+,10+,11+,12+,13-,17+/m0/s1. The molecule has 194 valence electrons. The van der Waals surface area contributed by atoms with Crippen LogP contribution in [-0.2, 0) is 0 Å². The molecule has 0 aliphatic heterocycles. The Labute approximate surface area is 191 Å². The molecule has 0 aromatic carbocycles. The Morgan fingerprint density at radius 3 is 1.62 bits per heavy atom. The number of ketones is 1. The van der Waals surface area contributed by atoms with Crippen molar-refractivity contribution in [2.45, 2.75) is 55.4 Å². The number of aliphatic hydroxyl groups is 10. The summed E-state index contributed by atoms with van der Waals surface area (Å²) < 4.78 is 0. The second kappa shape index (κ2) is 12.8. The Bertz CT molecular complexity index is 778. The van der Waals surface area contributed by atoms with Gasteiger partial charge in [-0.3, -0.25) is 9.59 Å². The Balaban J connectivity index is 2.95. The van der Waals surface area contributed by atoms with Crippen LogP contribution in [0.4, 0.5) is 11.6 Å². The molecular weight excluding hydrogens is 466 g/mol. The molecule has 17 nitrogen and oxygen atoms in total. The minimum Gasteiger partial charge on any atom is -0.394 e. The van der Waals surface area contributed by atoms with Gasteiger partial charge in [0.15, 0.2) is 35.0 Å². The third-order valence-corrected chi connectivity index (χ3v) is 4.68. The highest BCUT2D eigenvalue weighted by molar-refractivity contribution is 6.01. The van der Waals surface area contributed by atoms with Gasteiger partial charge in [0, 0.05) is 6.42 Å². The molecule has 0 radical (unpaired) electrons. The van der Waals surface area contributed by atoms with Crippen LogP contribution in [-0.4, -0.2) is 135 Å². The molecule has 1 aromatic heterocycles. The van der Waals surface area contributed by atoms with E-state index < -0.39 is 103 Å². The second-order valence-corrected chi connectivity index (χ2v) is 7.27. The van der Waals surface area contributed by atoms with Gasteiger partial charge in [-0.15, -0.1) is 0 Å². The van der Waals surface area contributed by atoms with Crippen molar-refractivity contribution in [3.05, 3.63) is 11.4 Å². The lowest BCUT2D eigenvalue weighted by Gasteiger charge is -2.26. The lowest BCUT2D eigenvalue weighted by Crippen LogP contribution is -2.52. The maximum absolute atomic E-state index is 12.4. The van der Waals surface area contributed by atoms with Crippen molar-refractivity contribution in [2.24, 2.45) is 0 Å². The van der Waals surface area contributed by atoms with Crippen LogP contribution < -0.4 is 16.8 Å². The molecule has 1 amide bonds. The molecule has 8 atom stereocenters. The lowest BCUT2D eigenvalue weighted by atomic mass is 9.98. The van der Waals surface area contributed by atoms with Crippen molar-refractivity contribution in [1.82, 2.24) is 15.3 Å². The minimum absolute atomic E-state index is 0.625. The van der Waals surface area contributed by atoms with Crippen LogP contribution in [0.15, 0.2) is 0 Å². The predicted octanol–water partition coefficient (Wildman–Crippen LogP) is -7.23. The number of nitrogens with zero attached hydrogens (tertiary/aromatic N) is 2. The highest BCUT2D eigenvalue weighted by Crippen LogP contribution is 2.18. The number of Topliss-reactive ketones (excluding diaryl/α,β-unsaturated/α-hetero) is 1. The van der Waals surface area contributed by atoms with Crippen LogP contribution in [0.1, 0.15) is 27.4 Å². The number of aromatic nitrogens is 2. The van der Waals surface area contributed by atoms with Gasteiger partial charge in [0.05, 0.1) is 19.3 Å². The molecule has 0 saturated carbocycles. The van der Waals surface area contributed by atoms with Crippen LogP contribution in [0.2, 0.25) is 0 Å². The smallest absolute Gasteiger partial charge is 0.275 e. The van der Waals surface area contributed by atoms with Gasteiger partial charge in [-0.2, -0.15) is 0 Å². The second-order valence-electron chi connectivity index (χ2n) is 7.27. The molecule has 0 aliphatic rings. The van der Waals surface area contributed by atoms with E-state index in [4.69, 9.17) is 21.7 Å². The molecule has 0 bridgehead atoms. The summed E-state index contributed by atoms with van der Waals surface area (Å²) in [4.78, 5) is 31.8. The van der Waals surface area contributed by atoms with Gasteiger partial charge in [0.25, 0.3) is 5.91 Å². The zero-order valence-corrected chi connectivity index (χ0v) is 17.6. The van der Waals surface area contributed by atoms with E-state index in [2.05, 4.69) is 9.97 Å². The van der Waals surface area contributed by atoms with E-state index in [0.29, 0.717) is 0 Å². The summed E-state index contributed by atoms with van der Waals surface area (Å²) in [6, 6.07) is 0. The van der Waals surface area contributed by atoms with Crippen LogP contribution in [0.3, 0.4) is 0 Å². The third-order valence-electron chi connectivity index (χ3n) is 4.68. The van der Waals surface area contributed by atoms with Crippen molar-refractivity contribution < 1.29 is 60.7 Å². The molecule has 17 heteroatoms. The van der Waals surface area contributed by atoms with E-state index >= 15 is 0 Å². The number of nitrogen functional groups attached to an aromatic ring is 2. The Hall–Kier alpha value is -2.58. The molecule has 0 spiro atoms. The van der Waals surface area contributed by atoms with Crippen LogP contribution >= 0.6 is 0 Å². The maximum atomic E-state index is 12.4. The van der Waals surface area contributed by atoms with E-state index in [0.717, 1.165) is 0 Å². The number of nitrogens with one attached hydrogen (secondary N) is 1. The topological polar surface area (TPSA) is 326 Å². The number of nitrogens with two attached hydrogens (primary N) is 2. The van der Waals surface area contributed by atoms with Crippen LogP contribution in [0.25, 0.3) is 0 Å². The van der Waals surface area contributed by atoms with Gasteiger partial charge in [-0.05, 0) is 0 Å². The summed E-state index contributed by atoms with van der Waals surface area (Å²) in [6.07, 6.45) is -16.8. The first-order valence-electron chi connectivity index (χ1n) is 9.70. The zero-order chi connectivity index (χ0) is 26.3. The summed E-state index contributed by atoms with van der Waals surface area (Å²) in [5.74, 6) is -3.63. The van der Waals surface area contributed by atoms with Gasteiger partial charge in [-0.1, -0.05) is 0 Å². The minimum atomic E-state index is -2.16. The first-order valence-corrected chi connectivity index (χ1v) is 9.70. The van der Waals surface area contributed by atoms with E-state index in [1.54, 1.807) is 5.32 Å². The van der Waals surface area contributed by atoms with Gasteiger partial charge in [-0.25, -0.2) is 9.97 Å². The number of carbonyl (C=O) groups excluding carboxylic acids is 2. The van der Waals surface area contributed by atoms with Gasteiger partial charge < -0.3 is 67.8 Å². The van der Waals surface area contributed by atoms with Gasteiger partial charge in [0.2, 0.25) is 0 Å². The Morgan fingerprint density at radius 2 is 1.12 bits per heavy atom. The summed E-state index contributed by atoms with van der Waals surface area (Å²) in [7, 11) is 0. The van der Waals surface area contributed by atoms with Gasteiger partial charge in [0.1, 0.15) is 36.6 Å². The quantitative estimate of drug-likeness (QED) is 0.0892. The molecular formula is C17H29N5O12. The normalized spacial score (nSPS) is 18.8. The first-order chi connectivity index (χ1) is 15.8. The SMILES string of the molecule is Nc1nc(C(=O)N[C@H](O)[C@@H](O)[C@H](O)[C@H](O)CO)c(N)nc1C(=O)C[C@H](O)[C@@H](O)[C@H](O)[C@H](O)CO. The Kier molecular flexibility index (Phi) is 11.1. The number of anilines is 2. The fraction of sp³-hybridized carbons (Fsp3) is 0.647. The van der Waals surface area contributed by atoms with Gasteiger partial charge >= 0.3 is 0 Å². The van der Waals surface area contributed by atoms with Crippen molar-refractivity contribution >= 4 is 23.3 Å². The molecule has 0 saturated heterocycles. The highest BCUT2D eigenvalue weighted by atomic mass is 16.4. The summed E-state index contributed by atoms with van der Waals surface area (Å²) >= 11 is 0. The lowest BCUT2D eigenvalue weighted by molar-refractivity contribution is -0.119. The zero-order valence-electron chi connectivity index (χ0n) is 17.6. The van der Waals surface area contributed by atoms with E-state index in [1.807, 2.05) is 0 Å². The number of carbonyl (C=O) groups is 2. The number of hydrogen-bond donors (Lipinski definition) is 13. The average Bonchev–Trinajstić information content (AvgIpc) is 2.81. The molecule has 1 aromatic rings. The van der Waals surface area contributed by atoms with E-state index in [-0.39, 0.29) is 0 Å². The van der Waals surface area contributed by atoms with Crippen LogP contribution in [0, 0.1) is 0 Å². The molecule has 1 rings (SSSR count). The van der Waals surface area contributed by atoms with E-state index in [9.17, 15) is 50.4 Å². The molecule has 0 aliphatic carbocycles. The fourth-order valence-electron chi connectivity index (χ4n) is 2.61. The first kappa shape index (κ1) is 29.5.